The van der Waals surface area contributed by atoms with Crippen molar-refractivity contribution < 1.29 is 9.59 Å². The van der Waals surface area contributed by atoms with Gasteiger partial charge in [-0.1, -0.05) is 6.92 Å². The third kappa shape index (κ3) is 3.53. The standard InChI is InChI=1S/C17H25N5O2.ClH/c1-10-3-15(10)22-9-12(4-16(22)23)20-17(24)14-7-18-6-13(14)11-5-19-21(2)8-11;/h5,8,10,12-15,18H,3-4,6-7,9H2,1-2H3,(H,20,24);1H/t10?,12?,13-,14+,15?;/m1./s1. The smallest absolute Gasteiger partial charge is 0.225 e. The van der Waals surface area contributed by atoms with Crippen molar-refractivity contribution in [1.82, 2.24) is 25.3 Å². The fraction of sp³-hybridized carbons (Fsp3) is 0.706. The number of rotatable bonds is 4. The number of aromatic nitrogens is 2. The molecule has 3 heterocycles. The zero-order valence-electron chi connectivity index (χ0n) is 14.6. The zero-order chi connectivity index (χ0) is 16.8. The summed E-state index contributed by atoms with van der Waals surface area (Å²) in [4.78, 5) is 26.9. The van der Waals surface area contributed by atoms with Crippen molar-refractivity contribution in [3.05, 3.63) is 18.0 Å². The van der Waals surface area contributed by atoms with Crippen LogP contribution in [0.15, 0.2) is 12.4 Å². The molecule has 4 rings (SSSR count). The molecule has 1 aliphatic carbocycles. The van der Waals surface area contributed by atoms with Gasteiger partial charge in [-0.2, -0.15) is 5.10 Å². The first-order chi connectivity index (χ1) is 11.5. The van der Waals surface area contributed by atoms with Crippen molar-refractivity contribution in [1.29, 1.82) is 0 Å². The Bertz CT molecular complexity index is 663. The van der Waals surface area contributed by atoms with Crippen LogP contribution in [0.5, 0.6) is 0 Å². The summed E-state index contributed by atoms with van der Waals surface area (Å²) in [5, 5.41) is 10.6. The average Bonchev–Trinajstić information content (AvgIpc) is 2.94. The molecule has 2 aliphatic heterocycles. The molecule has 0 aromatic carbocycles. The summed E-state index contributed by atoms with van der Waals surface area (Å²) in [6.45, 7) is 4.30. The minimum Gasteiger partial charge on any atom is -0.351 e. The normalized spacial score (nSPS) is 34.1. The number of nitrogens with one attached hydrogen (secondary N) is 2. The lowest BCUT2D eigenvalue weighted by molar-refractivity contribution is -0.128. The molecule has 1 aromatic rings. The number of amides is 2. The minimum atomic E-state index is -0.0989. The third-order valence-corrected chi connectivity index (χ3v) is 5.68. The van der Waals surface area contributed by atoms with E-state index in [-0.39, 0.29) is 42.1 Å². The lowest BCUT2D eigenvalue weighted by atomic mass is 9.90. The largest absolute Gasteiger partial charge is 0.351 e. The minimum absolute atomic E-state index is 0. The van der Waals surface area contributed by atoms with Crippen LogP contribution < -0.4 is 10.6 Å². The van der Waals surface area contributed by atoms with E-state index in [0.717, 1.165) is 18.5 Å². The average molecular weight is 368 g/mol. The maximum atomic E-state index is 12.7. The molecule has 3 unspecified atom stereocenters. The number of hydrogen-bond acceptors (Lipinski definition) is 4. The molecule has 8 heteroatoms. The number of halogens is 1. The number of carbonyl (C=O) groups is 2. The maximum Gasteiger partial charge on any atom is 0.225 e. The van der Waals surface area contributed by atoms with E-state index >= 15 is 0 Å². The van der Waals surface area contributed by atoms with Gasteiger partial charge in [0.05, 0.1) is 18.2 Å². The summed E-state index contributed by atoms with van der Waals surface area (Å²) >= 11 is 0. The summed E-state index contributed by atoms with van der Waals surface area (Å²) in [6.07, 6.45) is 5.36. The Kier molecular flexibility index (Phi) is 5.06. The predicted molar refractivity (Wildman–Crippen MR) is 95.4 cm³/mol. The van der Waals surface area contributed by atoms with Gasteiger partial charge in [0.15, 0.2) is 0 Å². The van der Waals surface area contributed by atoms with Crippen molar-refractivity contribution >= 4 is 24.2 Å². The van der Waals surface area contributed by atoms with Crippen LogP contribution in [0.3, 0.4) is 0 Å². The number of likely N-dealkylation sites (tertiary alicyclic amines) is 1. The van der Waals surface area contributed by atoms with E-state index in [0.29, 0.717) is 31.5 Å². The molecule has 0 bridgehead atoms. The predicted octanol–water partition coefficient (Wildman–Crippen LogP) is 0.270. The van der Waals surface area contributed by atoms with Gasteiger partial charge in [-0.25, -0.2) is 0 Å². The van der Waals surface area contributed by atoms with Crippen molar-refractivity contribution in [3.63, 3.8) is 0 Å². The molecule has 3 fully saturated rings. The monoisotopic (exact) mass is 367 g/mol. The molecule has 1 aromatic heterocycles. The second-order valence-corrected chi connectivity index (χ2v) is 7.55. The van der Waals surface area contributed by atoms with Crippen molar-refractivity contribution in [3.8, 4) is 0 Å². The van der Waals surface area contributed by atoms with Gasteiger partial charge in [-0.3, -0.25) is 14.3 Å². The maximum absolute atomic E-state index is 12.7. The van der Waals surface area contributed by atoms with Crippen molar-refractivity contribution in [2.75, 3.05) is 19.6 Å². The fourth-order valence-corrected chi connectivity index (χ4v) is 4.13. The first-order valence-corrected chi connectivity index (χ1v) is 8.82. The van der Waals surface area contributed by atoms with Crippen molar-refractivity contribution in [2.45, 2.75) is 37.8 Å². The van der Waals surface area contributed by atoms with E-state index in [4.69, 9.17) is 0 Å². The molecule has 3 aliphatic rings. The second kappa shape index (κ2) is 6.96. The van der Waals surface area contributed by atoms with Crippen LogP contribution in [0.1, 0.15) is 31.2 Å². The first kappa shape index (κ1) is 18.2. The molecule has 138 valence electrons. The Morgan fingerprint density at radius 3 is 2.80 bits per heavy atom. The van der Waals surface area contributed by atoms with Gasteiger partial charge in [0.2, 0.25) is 11.8 Å². The van der Waals surface area contributed by atoms with Gasteiger partial charge in [0, 0.05) is 51.3 Å². The van der Waals surface area contributed by atoms with Gasteiger partial charge < -0.3 is 15.5 Å². The SMILES string of the molecule is CC1CC1N1CC(NC(=O)[C@H]2CNC[C@@H]2c2cnn(C)c2)CC1=O.Cl. The highest BCUT2D eigenvalue weighted by Crippen LogP contribution is 2.37. The van der Waals surface area contributed by atoms with E-state index in [1.165, 1.54) is 0 Å². The summed E-state index contributed by atoms with van der Waals surface area (Å²) < 4.78 is 1.77. The Labute approximate surface area is 153 Å². The Morgan fingerprint density at radius 2 is 2.16 bits per heavy atom. The van der Waals surface area contributed by atoms with Crippen LogP contribution in [0.25, 0.3) is 0 Å². The van der Waals surface area contributed by atoms with Crippen LogP contribution in [-0.2, 0) is 16.6 Å². The van der Waals surface area contributed by atoms with E-state index in [2.05, 4.69) is 22.7 Å². The van der Waals surface area contributed by atoms with E-state index < -0.39 is 0 Å². The van der Waals surface area contributed by atoms with Crippen LogP contribution in [-0.4, -0.2) is 58.2 Å². The Morgan fingerprint density at radius 1 is 1.40 bits per heavy atom. The van der Waals surface area contributed by atoms with Gasteiger partial charge >= 0.3 is 0 Å². The summed E-state index contributed by atoms with van der Waals surface area (Å²) in [6, 6.07) is 0.351. The van der Waals surface area contributed by atoms with E-state index in [1.54, 1.807) is 4.68 Å². The Balaban J connectivity index is 0.00000182. The lowest BCUT2D eigenvalue weighted by Crippen LogP contribution is -2.42. The van der Waals surface area contributed by atoms with Gasteiger partial charge in [-0.15, -0.1) is 12.4 Å². The molecule has 2 amide bonds. The second-order valence-electron chi connectivity index (χ2n) is 7.55. The molecule has 7 nitrogen and oxygen atoms in total. The highest BCUT2D eigenvalue weighted by molar-refractivity contribution is 5.85. The molecule has 25 heavy (non-hydrogen) atoms. The summed E-state index contributed by atoms with van der Waals surface area (Å²) in [5.41, 5.74) is 1.10. The molecular weight excluding hydrogens is 342 g/mol. The van der Waals surface area contributed by atoms with E-state index in [9.17, 15) is 9.59 Å². The van der Waals surface area contributed by atoms with E-state index in [1.807, 2.05) is 24.3 Å². The quantitative estimate of drug-likeness (QED) is 0.800. The van der Waals surface area contributed by atoms with Crippen LogP contribution in [0, 0.1) is 11.8 Å². The van der Waals surface area contributed by atoms with Gasteiger partial charge in [0.1, 0.15) is 0 Å². The number of nitrogens with zero attached hydrogens (tertiary/aromatic N) is 3. The highest BCUT2D eigenvalue weighted by atomic mass is 35.5. The molecule has 0 radical (unpaired) electrons. The number of hydrogen-bond donors (Lipinski definition) is 2. The van der Waals surface area contributed by atoms with Crippen LogP contribution >= 0.6 is 12.4 Å². The zero-order valence-corrected chi connectivity index (χ0v) is 15.5. The summed E-state index contributed by atoms with van der Waals surface area (Å²) in [5.74, 6) is 0.895. The van der Waals surface area contributed by atoms with Crippen LogP contribution in [0.4, 0.5) is 0 Å². The van der Waals surface area contributed by atoms with Crippen LogP contribution in [0.2, 0.25) is 0 Å². The summed E-state index contributed by atoms with van der Waals surface area (Å²) in [7, 11) is 1.89. The molecule has 2 N–H and O–H groups in total. The molecule has 0 spiro atoms. The molecule has 2 saturated heterocycles. The fourth-order valence-electron chi connectivity index (χ4n) is 4.13. The topological polar surface area (TPSA) is 79.3 Å². The third-order valence-electron chi connectivity index (χ3n) is 5.68. The van der Waals surface area contributed by atoms with Gasteiger partial charge in [-0.05, 0) is 17.9 Å². The first-order valence-electron chi connectivity index (χ1n) is 8.82. The van der Waals surface area contributed by atoms with Gasteiger partial charge in [0.25, 0.3) is 0 Å². The molecule has 1 saturated carbocycles. The van der Waals surface area contributed by atoms with Crippen molar-refractivity contribution in [2.24, 2.45) is 18.9 Å². The molecule has 5 atom stereocenters. The molecular formula is C17H26ClN5O2. The number of carbonyl (C=O) groups excluding carboxylic acids is 2. The Hall–Kier alpha value is -1.60. The highest BCUT2D eigenvalue weighted by Gasteiger charge is 2.45. The lowest BCUT2D eigenvalue weighted by Gasteiger charge is -2.21. The number of aryl methyl sites for hydroxylation is 1.